The summed E-state index contributed by atoms with van der Waals surface area (Å²) >= 11 is 0. The third-order valence-electron chi connectivity index (χ3n) is 29.3. The molecule has 0 fully saturated rings. The van der Waals surface area contributed by atoms with Crippen LogP contribution in [0.1, 0.15) is 100 Å². The maximum atomic E-state index is 10.8. The van der Waals surface area contributed by atoms with Crippen LogP contribution in [-0.4, -0.2) is 28.2 Å². The molecule has 8 heteroatoms. The number of benzene rings is 18. The summed E-state index contributed by atoms with van der Waals surface area (Å²) in [5, 5.41) is 30.5. The largest absolute Gasteiger partial charge is 0.307 e. The van der Waals surface area contributed by atoms with Gasteiger partial charge in [-0.25, -0.2) is 9.97 Å². The Morgan fingerprint density at radius 2 is 0.417 bits per heavy atom. The van der Waals surface area contributed by atoms with Crippen molar-refractivity contribution in [1.29, 1.82) is 10.5 Å². The molecule has 0 radical (unpaired) electrons. The van der Waals surface area contributed by atoms with Gasteiger partial charge in [-0.1, -0.05) is 321 Å². The number of hydrogen-bond acceptors (Lipinski definition) is 4. The molecule has 0 unspecified atom stereocenters. The van der Waals surface area contributed by atoms with Crippen molar-refractivity contribution < 1.29 is 0 Å². The fraction of sp³-hybridized carbons (Fsp3) is 0.118. The summed E-state index contributed by atoms with van der Waals surface area (Å²) in [6.07, 6.45) is 5.79. The Labute approximate surface area is 840 Å². The minimum Gasteiger partial charge on any atom is -0.307 e. The van der Waals surface area contributed by atoms with Crippen molar-refractivity contribution in [1.82, 2.24) is 28.2 Å². The van der Waals surface area contributed by atoms with E-state index in [-0.39, 0.29) is 0 Å². The van der Waals surface area contributed by atoms with Gasteiger partial charge in [-0.05, 0) is 330 Å². The fourth-order valence-corrected chi connectivity index (χ4v) is 23.5. The Morgan fingerprint density at radius 3 is 0.694 bits per heavy atom. The van der Waals surface area contributed by atoms with Gasteiger partial charge in [0.2, 0.25) is 0 Å². The second-order valence-electron chi connectivity index (χ2n) is 40.9. The highest BCUT2D eigenvalue weighted by molar-refractivity contribution is 6.16. The quantitative estimate of drug-likeness (QED) is 0.0908. The predicted octanol–water partition coefficient (Wildman–Crippen LogP) is 35.4. The highest BCUT2D eigenvalue weighted by Crippen LogP contribution is 2.48. The lowest BCUT2D eigenvalue weighted by atomic mass is 9.94. The summed E-state index contributed by atoms with van der Waals surface area (Å²) < 4.78 is 9.55. The maximum absolute atomic E-state index is 10.8. The van der Waals surface area contributed by atoms with Gasteiger partial charge in [0.15, 0.2) is 0 Å². The van der Waals surface area contributed by atoms with Crippen molar-refractivity contribution in [2.24, 2.45) is 0 Å². The van der Waals surface area contributed by atoms with Crippen LogP contribution in [-0.2, 0) is 12.8 Å². The van der Waals surface area contributed by atoms with Crippen molar-refractivity contribution in [3.05, 3.63) is 464 Å². The van der Waals surface area contributed by atoms with Gasteiger partial charge in [0.05, 0.1) is 91.2 Å². The number of aromatic nitrogens is 6. The first kappa shape index (κ1) is 89.1. The number of pyridine rings is 2. The monoisotopic (exact) mass is 1850 g/mol. The first-order chi connectivity index (χ1) is 69.8. The van der Waals surface area contributed by atoms with Gasteiger partial charge < -0.3 is 9.13 Å². The van der Waals surface area contributed by atoms with Gasteiger partial charge in [0, 0.05) is 54.2 Å². The highest BCUT2D eigenvalue weighted by atomic mass is 15.1. The molecule has 0 N–H and O–H groups in total. The number of hydrogen-bond donors (Lipinski definition) is 0. The Hall–Kier alpha value is -17.6. The zero-order chi connectivity index (χ0) is 98.5. The Balaban J connectivity index is 0.619. The lowest BCUT2D eigenvalue weighted by Gasteiger charge is -2.18. The smallest absolute Gasteiger partial charge is 0.138 e. The van der Waals surface area contributed by atoms with Crippen LogP contribution in [0.4, 0.5) is 0 Å². The molecule has 0 aliphatic heterocycles. The molecule has 144 heavy (non-hydrogen) atoms. The van der Waals surface area contributed by atoms with Crippen LogP contribution in [0.2, 0.25) is 0 Å². The second kappa shape index (κ2) is 35.3. The van der Waals surface area contributed by atoms with Crippen LogP contribution >= 0.6 is 0 Å². The Bertz CT molecular complexity index is 9330. The minimum absolute atomic E-state index is 0.573. The molecule has 0 aliphatic carbocycles. The van der Waals surface area contributed by atoms with E-state index in [9.17, 15) is 10.5 Å². The number of aryl methyl sites for hydroxylation is 16. The van der Waals surface area contributed by atoms with Crippen molar-refractivity contribution in [2.45, 2.75) is 110 Å². The Kier molecular flexibility index (Phi) is 21.9. The summed E-state index contributed by atoms with van der Waals surface area (Å²) in [7, 11) is 0. The van der Waals surface area contributed by atoms with E-state index >= 15 is 0 Å². The van der Waals surface area contributed by atoms with E-state index in [0.717, 1.165) is 207 Å². The third-order valence-corrected chi connectivity index (χ3v) is 29.3. The molecule has 0 saturated heterocycles. The molecule has 0 bridgehead atoms. The molecule has 0 aliphatic rings. The lowest BCUT2D eigenvalue weighted by molar-refractivity contribution is 0.957. The van der Waals surface area contributed by atoms with Gasteiger partial charge in [0.25, 0.3) is 0 Å². The summed E-state index contributed by atoms with van der Waals surface area (Å²) in [5.41, 5.74) is 52.9. The molecule has 18 aromatic carbocycles. The van der Waals surface area contributed by atoms with Gasteiger partial charge in [-0.3, -0.25) is 9.13 Å². The molecular weight excluding hydrogens is 1750 g/mol. The first-order valence-electron chi connectivity index (χ1n) is 49.9. The Morgan fingerprint density at radius 1 is 0.188 bits per heavy atom. The molecule has 0 amide bonds. The molecule has 690 valence electrons. The van der Waals surface area contributed by atoms with E-state index in [2.05, 4.69) is 455 Å². The maximum Gasteiger partial charge on any atom is 0.138 e. The zero-order valence-corrected chi connectivity index (χ0v) is 83.6. The molecule has 0 atom stereocenters. The van der Waals surface area contributed by atoms with Crippen molar-refractivity contribution >= 4 is 87.2 Å². The van der Waals surface area contributed by atoms with Gasteiger partial charge in [0.1, 0.15) is 11.6 Å². The van der Waals surface area contributed by atoms with Crippen molar-refractivity contribution in [3.63, 3.8) is 0 Å². The average Bonchev–Trinajstić information content (AvgIpc) is 1.57. The third kappa shape index (κ3) is 16.3. The summed E-state index contributed by atoms with van der Waals surface area (Å²) in [5.74, 6) is 1.53. The van der Waals surface area contributed by atoms with Crippen LogP contribution < -0.4 is 0 Å². The molecule has 0 saturated carbocycles. The van der Waals surface area contributed by atoms with Crippen LogP contribution in [0, 0.1) is 120 Å². The topological polar surface area (TPSA) is 93.1 Å². The lowest BCUT2D eigenvalue weighted by Crippen LogP contribution is -2.04. The molecular formula is C136H106N8. The minimum atomic E-state index is 0.573. The van der Waals surface area contributed by atoms with Gasteiger partial charge >= 0.3 is 0 Å². The van der Waals surface area contributed by atoms with E-state index in [1.807, 2.05) is 36.4 Å². The molecule has 0 spiro atoms. The normalized spacial score (nSPS) is 11.7. The second-order valence-corrected chi connectivity index (χ2v) is 40.9. The van der Waals surface area contributed by atoms with Crippen LogP contribution in [0.15, 0.2) is 364 Å². The van der Waals surface area contributed by atoms with E-state index in [1.165, 1.54) is 117 Å². The van der Waals surface area contributed by atoms with Gasteiger partial charge in [-0.15, -0.1) is 0 Å². The fourth-order valence-electron chi connectivity index (χ4n) is 23.5. The van der Waals surface area contributed by atoms with Crippen molar-refractivity contribution in [2.75, 3.05) is 0 Å². The molecule has 8 nitrogen and oxygen atoms in total. The van der Waals surface area contributed by atoms with Crippen LogP contribution in [0.3, 0.4) is 0 Å². The number of rotatable bonds is 17. The number of nitriles is 2. The SMILES string of the molecule is Cc1cc(C)cc(-c2ccc3c(c2)c2cc(-c4cc(C)cc(C)c4)ccc2n3-c2cc(-c3cccc(C#N)c3)c(-n3c4ccc(-c5cc(C)cc(C)c5)cc4c4cc(-c5cc(C)cc(CCc6cc(C)cc(-c7ccc8c9ccc(-c%10cc(C)cc(C)c%10)cc9n(-c9cnc(-n%10c%11cc(-c%12cc(C)cc(C)c%12)ccc%11c%11ccc(-c%12cc(C)cc(C)c%12)cc%11%10)cc9-c9cccc(C#N)c9)c8c7)c6)c5)ccc43)cn2)c1. The van der Waals surface area contributed by atoms with Crippen LogP contribution in [0.5, 0.6) is 0 Å². The predicted molar refractivity (Wildman–Crippen MR) is 603 cm³/mol. The summed E-state index contributed by atoms with van der Waals surface area (Å²) in [6, 6.07) is 136. The first-order valence-corrected chi connectivity index (χ1v) is 49.9. The van der Waals surface area contributed by atoms with E-state index < -0.39 is 0 Å². The van der Waals surface area contributed by atoms with E-state index in [1.54, 1.807) is 0 Å². The van der Waals surface area contributed by atoms with E-state index in [0.29, 0.717) is 11.1 Å². The van der Waals surface area contributed by atoms with Gasteiger partial charge in [-0.2, -0.15) is 10.5 Å². The standard InChI is InChI=1S/C136H106N8/c1-79-39-80(2)48-107(47-79)97-27-35-125-121(65-97)122-68-100(28-36-126(122)141(125)133-77-139-135(73-119(133)105-19-15-17-95(63-105)75-137)143-127-37-29-98(108-49-81(3)40-82(4)50-108)66-123(127)124-67-99(30-38-128(124)143)109-51-83(5)41-84(6)52-109)113-59-91(13)45-93(61-113)21-22-94-46-92(14)60-114(62-94)104-26-32-116-115-31-23-101(110-53-85(7)42-86(8)54-110)69-129(115)142(130(116)70-104)134-78-140-136(74-120(134)106-20-16-18-96(64-106)76-138)144-131-71-102(111-55-87(9)43-88(10)56-111)24-33-117(131)118-34-25-103(72-132(118)144)112-57-89(11)44-90(12)58-112/h15-20,23-74,77-78H,21-22H2,1-14H3. The average molecular weight is 1850 g/mol. The number of nitrogens with zero attached hydrogens (tertiary/aromatic N) is 8. The molecule has 24 aromatic rings. The molecule has 24 rings (SSSR count). The zero-order valence-electron chi connectivity index (χ0n) is 83.6. The number of fused-ring (bicyclic) bond motifs is 12. The molecule has 6 heterocycles. The van der Waals surface area contributed by atoms with E-state index in [4.69, 9.17) is 9.97 Å². The van der Waals surface area contributed by atoms with Crippen molar-refractivity contribution in [3.8, 4) is 146 Å². The highest BCUT2D eigenvalue weighted by Gasteiger charge is 2.28. The summed E-state index contributed by atoms with van der Waals surface area (Å²) in [6.45, 7) is 30.6. The molecule has 6 aromatic heterocycles. The summed E-state index contributed by atoms with van der Waals surface area (Å²) in [4.78, 5) is 11.4. The van der Waals surface area contributed by atoms with Crippen LogP contribution in [0.25, 0.3) is 222 Å².